The second-order valence-corrected chi connectivity index (χ2v) is 9.76. The zero-order chi connectivity index (χ0) is 19.8. The Balaban J connectivity index is 1.23. The van der Waals surface area contributed by atoms with Gasteiger partial charge in [-0.05, 0) is 42.9 Å². The number of likely N-dealkylation sites (tertiary alicyclic amines) is 1. The molecule has 2 heterocycles. The van der Waals surface area contributed by atoms with E-state index in [0.717, 1.165) is 50.2 Å². The molecule has 0 bridgehead atoms. The van der Waals surface area contributed by atoms with E-state index >= 15 is 0 Å². The van der Waals surface area contributed by atoms with Gasteiger partial charge in [-0.1, -0.05) is 48.5 Å². The third kappa shape index (κ3) is 3.46. The van der Waals surface area contributed by atoms with E-state index in [9.17, 15) is 9.59 Å². The summed E-state index contributed by atoms with van der Waals surface area (Å²) >= 11 is 1.90. The highest BCUT2D eigenvalue weighted by Gasteiger charge is 2.50. The number of carbonyl (C=O) groups is 2. The fourth-order valence-electron chi connectivity index (χ4n) is 4.89. The van der Waals surface area contributed by atoms with Crippen LogP contribution in [0.4, 0.5) is 0 Å². The molecule has 3 fully saturated rings. The number of carbonyl (C=O) groups excluding carboxylic acids is 2. The van der Waals surface area contributed by atoms with Crippen molar-refractivity contribution in [3.05, 3.63) is 71.8 Å². The Kier molecular flexibility index (Phi) is 4.86. The van der Waals surface area contributed by atoms with Crippen LogP contribution in [-0.4, -0.2) is 51.9 Å². The lowest BCUT2D eigenvalue weighted by Gasteiger charge is -2.44. The highest BCUT2D eigenvalue weighted by Crippen LogP contribution is 2.50. The van der Waals surface area contributed by atoms with Gasteiger partial charge in [-0.15, -0.1) is 11.8 Å². The summed E-state index contributed by atoms with van der Waals surface area (Å²) in [5.74, 6) is 1.94. The van der Waals surface area contributed by atoms with Crippen LogP contribution < -0.4 is 0 Å². The third-order valence-corrected chi connectivity index (χ3v) is 8.19. The summed E-state index contributed by atoms with van der Waals surface area (Å²) in [6.45, 7) is 2.30. The maximum atomic E-state index is 13.1. The minimum Gasteiger partial charge on any atom is -0.342 e. The Hall–Kier alpha value is -2.27. The molecule has 150 valence electrons. The minimum atomic E-state index is -0.147. The van der Waals surface area contributed by atoms with Crippen LogP contribution >= 0.6 is 11.8 Å². The fourth-order valence-corrected chi connectivity index (χ4v) is 6.35. The summed E-state index contributed by atoms with van der Waals surface area (Å²) < 4.78 is 0. The number of piperidine rings is 1. The Labute approximate surface area is 176 Å². The Morgan fingerprint density at radius 3 is 2.24 bits per heavy atom. The molecule has 2 aromatic rings. The standard InChI is InChI=1S/C24H26N2O2S/c27-22(19-9-5-2-6-10-19)26-15-16-29-24(26)11-13-25(14-12-24)23(28)21-17-20(21)18-7-3-1-4-8-18/h1-10,20-21H,11-17H2. The van der Waals surface area contributed by atoms with E-state index < -0.39 is 0 Å². The molecule has 2 aliphatic heterocycles. The van der Waals surface area contributed by atoms with Crippen molar-refractivity contribution in [1.29, 1.82) is 0 Å². The second-order valence-electron chi connectivity index (χ2n) is 8.30. The van der Waals surface area contributed by atoms with E-state index in [0.29, 0.717) is 11.8 Å². The quantitative estimate of drug-likeness (QED) is 0.774. The summed E-state index contributed by atoms with van der Waals surface area (Å²) in [7, 11) is 0. The van der Waals surface area contributed by atoms with Crippen molar-refractivity contribution >= 4 is 23.6 Å². The van der Waals surface area contributed by atoms with E-state index in [2.05, 4.69) is 29.2 Å². The average molecular weight is 407 g/mol. The van der Waals surface area contributed by atoms with Crippen LogP contribution in [0.2, 0.25) is 0 Å². The topological polar surface area (TPSA) is 40.6 Å². The average Bonchev–Trinajstić information content (AvgIpc) is 3.49. The van der Waals surface area contributed by atoms with Crippen molar-refractivity contribution in [3.8, 4) is 0 Å². The molecule has 29 heavy (non-hydrogen) atoms. The van der Waals surface area contributed by atoms with Crippen molar-refractivity contribution in [2.75, 3.05) is 25.4 Å². The number of thioether (sulfide) groups is 1. The summed E-state index contributed by atoms with van der Waals surface area (Å²) in [6.07, 6.45) is 2.70. The van der Waals surface area contributed by atoms with Crippen molar-refractivity contribution in [3.63, 3.8) is 0 Å². The van der Waals surface area contributed by atoms with Crippen LogP contribution in [-0.2, 0) is 4.79 Å². The van der Waals surface area contributed by atoms with E-state index in [4.69, 9.17) is 0 Å². The molecule has 2 saturated heterocycles. The fraction of sp³-hybridized carbons (Fsp3) is 0.417. The lowest BCUT2D eigenvalue weighted by molar-refractivity contribution is -0.134. The molecular formula is C24H26N2O2S. The molecule has 1 spiro atoms. The summed E-state index contributed by atoms with van der Waals surface area (Å²) in [5.41, 5.74) is 2.04. The van der Waals surface area contributed by atoms with Gasteiger partial charge in [0.25, 0.3) is 5.91 Å². The van der Waals surface area contributed by atoms with Gasteiger partial charge in [-0.25, -0.2) is 0 Å². The van der Waals surface area contributed by atoms with Crippen LogP contribution in [0.25, 0.3) is 0 Å². The lowest BCUT2D eigenvalue weighted by Crippen LogP contribution is -2.53. The molecule has 2 atom stereocenters. The molecule has 5 heteroatoms. The van der Waals surface area contributed by atoms with Crippen molar-refractivity contribution in [2.24, 2.45) is 5.92 Å². The molecule has 1 aliphatic carbocycles. The summed E-state index contributed by atoms with van der Waals surface area (Å²) in [4.78, 5) is 30.1. The smallest absolute Gasteiger partial charge is 0.254 e. The maximum Gasteiger partial charge on any atom is 0.254 e. The van der Waals surface area contributed by atoms with Gasteiger partial charge in [0.05, 0.1) is 4.87 Å². The Bertz CT molecular complexity index is 894. The van der Waals surface area contributed by atoms with Crippen LogP contribution in [0, 0.1) is 5.92 Å². The Morgan fingerprint density at radius 2 is 1.55 bits per heavy atom. The van der Waals surface area contributed by atoms with Gasteiger partial charge in [0.1, 0.15) is 0 Å². The molecule has 5 rings (SSSR count). The van der Waals surface area contributed by atoms with Gasteiger partial charge in [0.15, 0.2) is 0 Å². The predicted octanol–water partition coefficient (Wildman–Crippen LogP) is 4.00. The molecular weight excluding hydrogens is 380 g/mol. The highest BCUT2D eigenvalue weighted by molar-refractivity contribution is 8.00. The maximum absolute atomic E-state index is 13.1. The first kappa shape index (κ1) is 18.7. The van der Waals surface area contributed by atoms with Crippen molar-refractivity contribution < 1.29 is 9.59 Å². The molecule has 2 aromatic carbocycles. The van der Waals surface area contributed by atoms with Crippen molar-refractivity contribution in [1.82, 2.24) is 9.80 Å². The molecule has 4 nitrogen and oxygen atoms in total. The molecule has 0 aromatic heterocycles. The number of benzene rings is 2. The van der Waals surface area contributed by atoms with E-state index in [1.165, 1.54) is 5.56 Å². The molecule has 0 N–H and O–H groups in total. The number of rotatable bonds is 3. The van der Waals surface area contributed by atoms with Gasteiger partial charge in [-0.2, -0.15) is 0 Å². The number of hydrogen-bond donors (Lipinski definition) is 0. The largest absolute Gasteiger partial charge is 0.342 e. The predicted molar refractivity (Wildman–Crippen MR) is 116 cm³/mol. The SMILES string of the molecule is O=C(C1CC1c1ccccc1)N1CCC2(CC1)SCCN2C(=O)c1ccccc1. The zero-order valence-electron chi connectivity index (χ0n) is 16.5. The van der Waals surface area contributed by atoms with Gasteiger partial charge in [0.2, 0.25) is 5.91 Å². The normalized spacial score (nSPS) is 25.2. The van der Waals surface area contributed by atoms with Crippen LogP contribution in [0.15, 0.2) is 60.7 Å². The summed E-state index contributed by atoms with van der Waals surface area (Å²) in [5, 5.41) is 0. The van der Waals surface area contributed by atoms with E-state index in [1.807, 2.05) is 53.1 Å². The molecule has 2 amide bonds. The molecule has 0 radical (unpaired) electrons. The monoisotopic (exact) mass is 406 g/mol. The Morgan fingerprint density at radius 1 is 0.897 bits per heavy atom. The van der Waals surface area contributed by atoms with Gasteiger partial charge >= 0.3 is 0 Å². The molecule has 2 unspecified atom stereocenters. The first-order valence-corrected chi connectivity index (χ1v) is 11.5. The number of nitrogens with zero attached hydrogens (tertiary/aromatic N) is 2. The minimum absolute atomic E-state index is 0.127. The highest BCUT2D eigenvalue weighted by atomic mass is 32.2. The van der Waals surface area contributed by atoms with Gasteiger partial charge in [0, 0.05) is 36.9 Å². The molecule has 3 aliphatic rings. The van der Waals surface area contributed by atoms with E-state index in [1.54, 1.807) is 0 Å². The molecule has 1 saturated carbocycles. The van der Waals surface area contributed by atoms with Gasteiger partial charge in [-0.3, -0.25) is 9.59 Å². The number of amides is 2. The summed E-state index contributed by atoms with van der Waals surface area (Å²) in [6, 6.07) is 20.0. The second kappa shape index (κ2) is 7.52. The first-order valence-electron chi connectivity index (χ1n) is 10.5. The third-order valence-electron chi connectivity index (χ3n) is 6.64. The van der Waals surface area contributed by atoms with Crippen LogP contribution in [0.3, 0.4) is 0 Å². The van der Waals surface area contributed by atoms with E-state index in [-0.39, 0.29) is 16.7 Å². The number of hydrogen-bond acceptors (Lipinski definition) is 3. The zero-order valence-corrected chi connectivity index (χ0v) is 17.3. The van der Waals surface area contributed by atoms with Crippen LogP contribution in [0.1, 0.15) is 41.1 Å². The van der Waals surface area contributed by atoms with Crippen LogP contribution in [0.5, 0.6) is 0 Å². The van der Waals surface area contributed by atoms with Gasteiger partial charge < -0.3 is 9.80 Å². The van der Waals surface area contributed by atoms with Crippen molar-refractivity contribution in [2.45, 2.75) is 30.1 Å². The first-order chi connectivity index (χ1) is 14.2. The lowest BCUT2D eigenvalue weighted by atomic mass is 10.00.